The van der Waals surface area contributed by atoms with E-state index in [1.165, 1.54) is 11.8 Å². The maximum Gasteiger partial charge on any atom is 0.321 e. The van der Waals surface area contributed by atoms with E-state index in [-0.39, 0.29) is 11.9 Å². The molecule has 2 aromatic carbocycles. The molecule has 3 amide bonds. The second kappa shape index (κ2) is 10.4. The quantitative estimate of drug-likeness (QED) is 0.438. The van der Waals surface area contributed by atoms with Crippen LogP contribution in [-0.2, 0) is 0 Å². The molecule has 1 fully saturated rings. The molecule has 9 heteroatoms. The lowest BCUT2D eigenvalue weighted by atomic mass is 10.2. The molecule has 0 aliphatic carbocycles. The summed E-state index contributed by atoms with van der Waals surface area (Å²) in [6, 6.07) is 18.5. The van der Waals surface area contributed by atoms with Gasteiger partial charge in [-0.3, -0.25) is 4.79 Å². The van der Waals surface area contributed by atoms with Crippen LogP contribution in [0, 0.1) is 6.92 Å². The van der Waals surface area contributed by atoms with Crippen molar-refractivity contribution in [2.75, 3.05) is 48.0 Å². The molecule has 1 aliphatic rings. The highest BCUT2D eigenvalue weighted by Crippen LogP contribution is 2.22. The van der Waals surface area contributed by atoms with Crippen LogP contribution in [0.25, 0.3) is 0 Å². The van der Waals surface area contributed by atoms with Crippen LogP contribution in [0.1, 0.15) is 15.9 Å². The standard InChI is InChI=1S/C24H26N6O2S/c1-17-7-6-10-19(15-17)25-24(32)30-13-11-29(12-14-30)21-16-20(27-23(28-21)33-2)26-22(31)18-8-4-3-5-9-18/h3-10,15-16H,11-14H2,1-2H3,(H,25,32)(H,26,27,28,31). The van der Waals surface area contributed by atoms with Gasteiger partial charge in [0.15, 0.2) is 5.16 Å². The predicted octanol–water partition coefficient (Wildman–Crippen LogP) is 4.11. The lowest BCUT2D eigenvalue weighted by molar-refractivity contribution is 0.102. The highest BCUT2D eigenvalue weighted by atomic mass is 32.2. The highest BCUT2D eigenvalue weighted by Gasteiger charge is 2.23. The van der Waals surface area contributed by atoms with Crippen LogP contribution in [-0.4, -0.2) is 59.2 Å². The van der Waals surface area contributed by atoms with E-state index in [0.717, 1.165) is 17.1 Å². The van der Waals surface area contributed by atoms with Gasteiger partial charge in [-0.2, -0.15) is 0 Å². The molecular formula is C24H26N6O2S. The lowest BCUT2D eigenvalue weighted by Gasteiger charge is -2.35. The van der Waals surface area contributed by atoms with Crippen LogP contribution < -0.4 is 15.5 Å². The number of hydrogen-bond donors (Lipinski definition) is 2. The monoisotopic (exact) mass is 462 g/mol. The maximum atomic E-state index is 12.7. The van der Waals surface area contributed by atoms with E-state index in [0.29, 0.717) is 42.7 Å². The number of carbonyl (C=O) groups is 2. The molecule has 2 heterocycles. The third-order valence-corrected chi connectivity index (χ3v) is 5.86. The van der Waals surface area contributed by atoms with Crippen molar-refractivity contribution in [1.29, 1.82) is 0 Å². The number of carbonyl (C=O) groups excluding carboxylic acids is 2. The SMILES string of the molecule is CSc1nc(NC(=O)c2ccccc2)cc(N2CCN(C(=O)Nc3cccc(C)c3)CC2)n1. The number of aromatic nitrogens is 2. The number of amides is 3. The summed E-state index contributed by atoms with van der Waals surface area (Å²) >= 11 is 1.42. The topological polar surface area (TPSA) is 90.5 Å². The van der Waals surface area contributed by atoms with Gasteiger partial charge in [-0.25, -0.2) is 14.8 Å². The normalized spacial score (nSPS) is 13.5. The van der Waals surface area contributed by atoms with Crippen molar-refractivity contribution in [2.45, 2.75) is 12.1 Å². The molecule has 3 aromatic rings. The van der Waals surface area contributed by atoms with Crippen LogP contribution in [0.5, 0.6) is 0 Å². The first kappa shape index (κ1) is 22.6. The first-order valence-electron chi connectivity index (χ1n) is 10.7. The smallest absolute Gasteiger partial charge is 0.321 e. The van der Waals surface area contributed by atoms with Gasteiger partial charge in [0.1, 0.15) is 11.6 Å². The Morgan fingerprint density at radius 1 is 0.909 bits per heavy atom. The van der Waals surface area contributed by atoms with E-state index in [2.05, 4.69) is 25.5 Å². The van der Waals surface area contributed by atoms with E-state index < -0.39 is 0 Å². The number of hydrogen-bond acceptors (Lipinski definition) is 6. The van der Waals surface area contributed by atoms with Gasteiger partial charge >= 0.3 is 6.03 Å². The largest absolute Gasteiger partial charge is 0.353 e. The number of thioether (sulfide) groups is 1. The van der Waals surface area contributed by atoms with Gasteiger partial charge < -0.3 is 20.4 Å². The Balaban J connectivity index is 1.40. The number of nitrogens with one attached hydrogen (secondary N) is 2. The minimum absolute atomic E-state index is 0.108. The van der Waals surface area contributed by atoms with Gasteiger partial charge in [-0.15, -0.1) is 0 Å². The summed E-state index contributed by atoms with van der Waals surface area (Å²) in [6.45, 7) is 4.41. The third kappa shape index (κ3) is 5.81. The molecule has 170 valence electrons. The fraction of sp³-hybridized carbons (Fsp3) is 0.250. The molecule has 4 rings (SSSR count). The van der Waals surface area contributed by atoms with Crippen molar-refractivity contribution in [3.8, 4) is 0 Å². The van der Waals surface area contributed by atoms with E-state index in [4.69, 9.17) is 0 Å². The first-order valence-corrected chi connectivity index (χ1v) is 11.9. The van der Waals surface area contributed by atoms with Gasteiger partial charge in [0.25, 0.3) is 5.91 Å². The summed E-state index contributed by atoms with van der Waals surface area (Å²) in [7, 11) is 0. The van der Waals surface area contributed by atoms with Crippen LogP contribution in [0.2, 0.25) is 0 Å². The minimum Gasteiger partial charge on any atom is -0.353 e. The number of aryl methyl sites for hydroxylation is 1. The average Bonchev–Trinajstić information content (AvgIpc) is 2.84. The number of anilines is 3. The zero-order valence-corrected chi connectivity index (χ0v) is 19.4. The predicted molar refractivity (Wildman–Crippen MR) is 132 cm³/mol. The summed E-state index contributed by atoms with van der Waals surface area (Å²) in [6.07, 6.45) is 1.90. The van der Waals surface area contributed by atoms with Crippen molar-refractivity contribution in [2.24, 2.45) is 0 Å². The van der Waals surface area contributed by atoms with Crippen molar-refractivity contribution in [1.82, 2.24) is 14.9 Å². The van der Waals surface area contributed by atoms with Gasteiger partial charge in [0, 0.05) is 43.5 Å². The summed E-state index contributed by atoms with van der Waals surface area (Å²) in [4.78, 5) is 38.1. The Morgan fingerprint density at radius 2 is 1.67 bits per heavy atom. The van der Waals surface area contributed by atoms with Gasteiger partial charge in [-0.05, 0) is 43.0 Å². The number of nitrogens with zero attached hydrogens (tertiary/aromatic N) is 4. The van der Waals surface area contributed by atoms with E-state index in [1.807, 2.05) is 55.6 Å². The summed E-state index contributed by atoms with van der Waals surface area (Å²) in [5.74, 6) is 0.971. The Morgan fingerprint density at radius 3 is 2.36 bits per heavy atom. The summed E-state index contributed by atoms with van der Waals surface area (Å²) in [5.41, 5.74) is 2.46. The molecule has 1 aromatic heterocycles. The molecule has 0 radical (unpaired) electrons. The third-order valence-electron chi connectivity index (χ3n) is 5.31. The molecule has 1 aliphatic heterocycles. The van der Waals surface area contributed by atoms with Crippen LogP contribution in [0.3, 0.4) is 0 Å². The zero-order valence-electron chi connectivity index (χ0n) is 18.6. The molecular weight excluding hydrogens is 436 g/mol. The first-order chi connectivity index (χ1) is 16.0. The van der Waals surface area contributed by atoms with Crippen molar-refractivity contribution in [3.63, 3.8) is 0 Å². The Hall–Kier alpha value is -3.59. The Bertz CT molecular complexity index is 1130. The van der Waals surface area contributed by atoms with Crippen molar-refractivity contribution >= 4 is 41.0 Å². The molecule has 0 spiro atoms. The number of benzene rings is 2. The Labute approximate surface area is 197 Å². The van der Waals surface area contributed by atoms with E-state index >= 15 is 0 Å². The number of rotatable bonds is 5. The minimum atomic E-state index is -0.218. The van der Waals surface area contributed by atoms with Gasteiger partial charge in [0.2, 0.25) is 0 Å². The molecule has 8 nitrogen and oxygen atoms in total. The summed E-state index contributed by atoms with van der Waals surface area (Å²) < 4.78 is 0. The lowest BCUT2D eigenvalue weighted by Crippen LogP contribution is -2.50. The summed E-state index contributed by atoms with van der Waals surface area (Å²) in [5, 5.41) is 6.41. The van der Waals surface area contributed by atoms with Crippen molar-refractivity contribution in [3.05, 3.63) is 71.8 Å². The van der Waals surface area contributed by atoms with Crippen molar-refractivity contribution < 1.29 is 9.59 Å². The van der Waals surface area contributed by atoms with E-state index in [1.54, 1.807) is 23.1 Å². The van der Waals surface area contributed by atoms with Gasteiger partial charge in [0.05, 0.1) is 0 Å². The molecule has 0 saturated carbocycles. The number of urea groups is 1. The fourth-order valence-corrected chi connectivity index (χ4v) is 3.95. The second-order valence-corrected chi connectivity index (χ2v) is 8.47. The van der Waals surface area contributed by atoms with E-state index in [9.17, 15) is 9.59 Å². The molecule has 33 heavy (non-hydrogen) atoms. The zero-order chi connectivity index (χ0) is 23.2. The van der Waals surface area contributed by atoms with Crippen LogP contribution in [0.15, 0.2) is 65.8 Å². The fourth-order valence-electron chi connectivity index (χ4n) is 3.57. The molecule has 0 atom stereocenters. The van der Waals surface area contributed by atoms with Crippen LogP contribution >= 0.6 is 11.8 Å². The highest BCUT2D eigenvalue weighted by molar-refractivity contribution is 7.98. The maximum absolute atomic E-state index is 12.7. The average molecular weight is 463 g/mol. The molecule has 0 unspecified atom stereocenters. The van der Waals surface area contributed by atoms with Crippen LogP contribution in [0.4, 0.5) is 22.1 Å². The van der Waals surface area contributed by atoms with Gasteiger partial charge in [-0.1, -0.05) is 42.1 Å². The Kier molecular flexibility index (Phi) is 7.09. The second-order valence-electron chi connectivity index (χ2n) is 7.69. The molecule has 2 N–H and O–H groups in total. The molecule has 1 saturated heterocycles. The number of piperazine rings is 1. The molecule has 0 bridgehead atoms.